The van der Waals surface area contributed by atoms with Crippen LogP contribution in [0.3, 0.4) is 0 Å². The lowest BCUT2D eigenvalue weighted by Gasteiger charge is -2.30. The molecule has 4 rings (SSSR count). The number of aryl methyl sites for hydroxylation is 4. The molecule has 1 fully saturated rings. The molecule has 178 valence electrons. The van der Waals surface area contributed by atoms with Crippen LogP contribution in [0, 0.1) is 33.6 Å². The van der Waals surface area contributed by atoms with E-state index in [0.717, 1.165) is 22.6 Å². The number of rotatable bonds is 6. The summed E-state index contributed by atoms with van der Waals surface area (Å²) in [7, 11) is 0. The average molecular weight is 463 g/mol. The number of hydrogen-bond acceptors (Lipinski definition) is 7. The SMILES string of the molecule is Cc1ccc(NC(=O)C2CCN(CC(=O)Nc3cc(C)nn3-c3nc(C)cc(C)n3)CC2)nc1. The predicted molar refractivity (Wildman–Crippen MR) is 129 cm³/mol. The lowest BCUT2D eigenvalue weighted by atomic mass is 9.96. The molecule has 10 heteroatoms. The first-order valence-electron chi connectivity index (χ1n) is 11.4. The van der Waals surface area contributed by atoms with E-state index < -0.39 is 0 Å². The molecule has 4 heterocycles. The van der Waals surface area contributed by atoms with Crippen molar-refractivity contribution >= 4 is 23.5 Å². The van der Waals surface area contributed by atoms with Crippen LogP contribution in [-0.2, 0) is 9.59 Å². The highest BCUT2D eigenvalue weighted by molar-refractivity contribution is 5.92. The van der Waals surface area contributed by atoms with Crippen molar-refractivity contribution in [3.8, 4) is 5.95 Å². The molecular weight excluding hydrogens is 432 g/mol. The molecule has 0 atom stereocenters. The van der Waals surface area contributed by atoms with Gasteiger partial charge in [0.25, 0.3) is 5.95 Å². The first kappa shape index (κ1) is 23.5. The van der Waals surface area contributed by atoms with Gasteiger partial charge in [-0.1, -0.05) is 6.07 Å². The number of amides is 2. The molecule has 0 radical (unpaired) electrons. The minimum atomic E-state index is -0.141. The zero-order valence-corrected chi connectivity index (χ0v) is 20.0. The molecule has 34 heavy (non-hydrogen) atoms. The van der Waals surface area contributed by atoms with Gasteiger partial charge in [0.05, 0.1) is 12.2 Å². The predicted octanol–water partition coefficient (Wildman–Crippen LogP) is 2.58. The number of piperidine rings is 1. The summed E-state index contributed by atoms with van der Waals surface area (Å²) in [6.45, 7) is 9.19. The van der Waals surface area contributed by atoms with Gasteiger partial charge in [-0.25, -0.2) is 15.0 Å². The number of pyridine rings is 1. The highest BCUT2D eigenvalue weighted by Crippen LogP contribution is 2.20. The average Bonchev–Trinajstić information content (AvgIpc) is 3.15. The Hall–Kier alpha value is -3.66. The minimum absolute atomic E-state index is 0.0201. The maximum atomic E-state index is 12.8. The van der Waals surface area contributed by atoms with E-state index in [9.17, 15) is 9.59 Å². The molecule has 2 N–H and O–H groups in total. The molecule has 1 aliphatic heterocycles. The number of hydrogen-bond donors (Lipinski definition) is 2. The number of nitrogens with zero attached hydrogens (tertiary/aromatic N) is 6. The minimum Gasteiger partial charge on any atom is -0.310 e. The normalized spacial score (nSPS) is 14.7. The fraction of sp³-hybridized carbons (Fsp3) is 0.417. The van der Waals surface area contributed by atoms with Gasteiger partial charge in [0, 0.05) is 29.6 Å². The molecule has 0 bridgehead atoms. The van der Waals surface area contributed by atoms with E-state index in [1.54, 1.807) is 16.9 Å². The third-order valence-electron chi connectivity index (χ3n) is 5.75. The largest absolute Gasteiger partial charge is 0.310 e. The first-order chi connectivity index (χ1) is 16.3. The van der Waals surface area contributed by atoms with Crippen LogP contribution in [0.5, 0.6) is 0 Å². The van der Waals surface area contributed by atoms with Gasteiger partial charge in [-0.15, -0.1) is 0 Å². The molecular formula is C24H30N8O2. The van der Waals surface area contributed by atoms with Crippen molar-refractivity contribution in [2.75, 3.05) is 30.3 Å². The smallest absolute Gasteiger partial charge is 0.252 e. The maximum Gasteiger partial charge on any atom is 0.252 e. The van der Waals surface area contributed by atoms with Crippen LogP contribution in [0.15, 0.2) is 30.5 Å². The van der Waals surface area contributed by atoms with E-state index in [2.05, 4.69) is 35.6 Å². The van der Waals surface area contributed by atoms with Crippen LogP contribution >= 0.6 is 0 Å². The van der Waals surface area contributed by atoms with Gasteiger partial charge in [0.15, 0.2) is 0 Å². The Bertz CT molecular complexity index is 1160. The van der Waals surface area contributed by atoms with Crippen LogP contribution < -0.4 is 10.6 Å². The van der Waals surface area contributed by atoms with Crippen molar-refractivity contribution in [1.82, 2.24) is 29.6 Å². The van der Waals surface area contributed by atoms with Gasteiger partial charge in [-0.3, -0.25) is 14.5 Å². The molecule has 1 saturated heterocycles. The summed E-state index contributed by atoms with van der Waals surface area (Å²) in [6.07, 6.45) is 3.12. The molecule has 10 nitrogen and oxygen atoms in total. The Labute approximate surface area is 198 Å². The Morgan fingerprint density at radius 3 is 2.32 bits per heavy atom. The van der Waals surface area contributed by atoms with Crippen LogP contribution in [0.2, 0.25) is 0 Å². The van der Waals surface area contributed by atoms with E-state index in [0.29, 0.717) is 43.5 Å². The quantitative estimate of drug-likeness (QED) is 0.578. The van der Waals surface area contributed by atoms with Crippen molar-refractivity contribution in [3.63, 3.8) is 0 Å². The van der Waals surface area contributed by atoms with Gasteiger partial charge < -0.3 is 10.6 Å². The van der Waals surface area contributed by atoms with Gasteiger partial charge in [0.1, 0.15) is 11.6 Å². The number of carbonyl (C=O) groups is 2. The lowest BCUT2D eigenvalue weighted by Crippen LogP contribution is -2.42. The first-order valence-corrected chi connectivity index (χ1v) is 11.4. The highest BCUT2D eigenvalue weighted by atomic mass is 16.2. The number of likely N-dealkylation sites (tertiary alicyclic amines) is 1. The van der Waals surface area contributed by atoms with E-state index in [4.69, 9.17) is 0 Å². The van der Waals surface area contributed by atoms with Crippen molar-refractivity contribution < 1.29 is 9.59 Å². The second-order valence-corrected chi connectivity index (χ2v) is 8.84. The molecule has 2 amide bonds. The summed E-state index contributed by atoms with van der Waals surface area (Å²) in [4.78, 5) is 40.5. The molecule has 0 spiro atoms. The Morgan fingerprint density at radius 2 is 1.68 bits per heavy atom. The number of aromatic nitrogens is 5. The van der Waals surface area contributed by atoms with Crippen molar-refractivity contribution in [1.29, 1.82) is 0 Å². The van der Waals surface area contributed by atoms with Crippen LogP contribution in [0.25, 0.3) is 5.95 Å². The molecule has 0 saturated carbocycles. The van der Waals surface area contributed by atoms with E-state index >= 15 is 0 Å². The summed E-state index contributed by atoms with van der Waals surface area (Å²) in [5.74, 6) is 1.28. The molecule has 3 aromatic rings. The van der Waals surface area contributed by atoms with Crippen molar-refractivity contribution in [2.45, 2.75) is 40.5 Å². The van der Waals surface area contributed by atoms with Gasteiger partial charge in [0.2, 0.25) is 11.8 Å². The van der Waals surface area contributed by atoms with Gasteiger partial charge in [-0.2, -0.15) is 9.78 Å². The number of anilines is 2. The molecule has 0 unspecified atom stereocenters. The second-order valence-electron chi connectivity index (χ2n) is 8.84. The van der Waals surface area contributed by atoms with E-state index in [1.807, 2.05) is 45.9 Å². The highest BCUT2D eigenvalue weighted by Gasteiger charge is 2.26. The van der Waals surface area contributed by atoms with Gasteiger partial charge in [-0.05, 0) is 71.3 Å². The monoisotopic (exact) mass is 462 g/mol. The fourth-order valence-electron chi connectivity index (χ4n) is 4.05. The zero-order chi connectivity index (χ0) is 24.2. The third-order valence-corrected chi connectivity index (χ3v) is 5.75. The summed E-state index contributed by atoms with van der Waals surface area (Å²) < 4.78 is 1.56. The molecule has 0 aliphatic carbocycles. The summed E-state index contributed by atoms with van der Waals surface area (Å²) in [5, 5.41) is 10.3. The summed E-state index contributed by atoms with van der Waals surface area (Å²) in [5.41, 5.74) is 3.47. The second kappa shape index (κ2) is 10.1. The van der Waals surface area contributed by atoms with Gasteiger partial charge >= 0.3 is 0 Å². The topological polar surface area (TPSA) is 118 Å². The Balaban J connectivity index is 1.31. The van der Waals surface area contributed by atoms with Crippen LogP contribution in [0.1, 0.15) is 35.5 Å². The number of carbonyl (C=O) groups excluding carboxylic acids is 2. The molecule has 1 aliphatic rings. The zero-order valence-electron chi connectivity index (χ0n) is 20.0. The standard InChI is InChI=1S/C24H30N8O2/c1-15-5-6-20(25-13-15)28-23(34)19-7-9-31(10-8-19)14-22(33)29-21-12-18(4)30-32(21)24-26-16(2)11-17(3)27-24/h5-6,11-13,19H,7-10,14H2,1-4H3,(H,29,33)(H,25,28,34). The Morgan fingerprint density at radius 1 is 0.971 bits per heavy atom. The van der Waals surface area contributed by atoms with Crippen LogP contribution in [-0.4, -0.2) is 61.1 Å². The molecule has 3 aromatic heterocycles. The molecule has 0 aromatic carbocycles. The van der Waals surface area contributed by atoms with Crippen molar-refractivity contribution in [3.05, 3.63) is 53.1 Å². The summed E-state index contributed by atoms with van der Waals surface area (Å²) >= 11 is 0. The maximum absolute atomic E-state index is 12.8. The Kier molecular flexibility index (Phi) is 6.97. The van der Waals surface area contributed by atoms with Crippen LogP contribution in [0.4, 0.5) is 11.6 Å². The lowest BCUT2D eigenvalue weighted by molar-refractivity contribution is -0.121. The van der Waals surface area contributed by atoms with Crippen molar-refractivity contribution in [2.24, 2.45) is 5.92 Å². The summed E-state index contributed by atoms with van der Waals surface area (Å²) in [6, 6.07) is 7.42. The fourth-order valence-corrected chi connectivity index (χ4v) is 4.05. The van der Waals surface area contributed by atoms with E-state index in [-0.39, 0.29) is 24.3 Å². The number of nitrogens with one attached hydrogen (secondary N) is 2. The van der Waals surface area contributed by atoms with E-state index in [1.165, 1.54) is 0 Å². The third kappa shape index (κ3) is 5.82.